The van der Waals surface area contributed by atoms with Crippen LogP contribution in [0.25, 0.3) is 0 Å². The van der Waals surface area contributed by atoms with Crippen LogP contribution in [-0.2, 0) is 21.5 Å². The number of carbonyl (C=O) groups excluding carboxylic acids is 1. The second-order valence-electron chi connectivity index (χ2n) is 6.85. The molecular formula is C21H27N3O5S. The van der Waals surface area contributed by atoms with E-state index in [1.807, 2.05) is 25.1 Å². The van der Waals surface area contributed by atoms with Crippen LogP contribution in [0.4, 0.5) is 5.69 Å². The van der Waals surface area contributed by atoms with Gasteiger partial charge in [-0.2, -0.15) is 17.0 Å². The van der Waals surface area contributed by atoms with E-state index in [0.717, 1.165) is 5.56 Å². The van der Waals surface area contributed by atoms with Crippen molar-refractivity contribution in [2.24, 2.45) is 0 Å². The van der Waals surface area contributed by atoms with Crippen LogP contribution in [0.1, 0.15) is 18.9 Å². The van der Waals surface area contributed by atoms with E-state index in [1.54, 1.807) is 37.4 Å². The van der Waals surface area contributed by atoms with Gasteiger partial charge in [0.05, 0.1) is 25.9 Å². The van der Waals surface area contributed by atoms with Gasteiger partial charge in [0.2, 0.25) is 5.91 Å². The largest absolute Gasteiger partial charge is 0.497 e. The summed E-state index contributed by atoms with van der Waals surface area (Å²) in [5.41, 5.74) is 1.38. The third-order valence-corrected chi connectivity index (χ3v) is 6.70. The fourth-order valence-corrected chi connectivity index (χ4v) is 4.91. The Labute approximate surface area is 177 Å². The first-order valence-electron chi connectivity index (χ1n) is 9.84. The Morgan fingerprint density at radius 1 is 1.07 bits per heavy atom. The highest BCUT2D eigenvalue weighted by molar-refractivity contribution is 7.86. The summed E-state index contributed by atoms with van der Waals surface area (Å²) in [4.78, 5) is 12.6. The molecule has 1 fully saturated rings. The lowest BCUT2D eigenvalue weighted by molar-refractivity contribution is -0.116. The Morgan fingerprint density at radius 2 is 1.77 bits per heavy atom. The van der Waals surface area contributed by atoms with E-state index >= 15 is 0 Å². The van der Waals surface area contributed by atoms with Crippen LogP contribution in [0.5, 0.6) is 11.5 Å². The Kier molecular flexibility index (Phi) is 7.30. The summed E-state index contributed by atoms with van der Waals surface area (Å²) >= 11 is 0. The van der Waals surface area contributed by atoms with E-state index in [-0.39, 0.29) is 13.1 Å². The molecule has 2 aromatic carbocycles. The molecule has 0 aromatic heterocycles. The lowest BCUT2D eigenvalue weighted by atomic mass is 10.2. The first-order valence-corrected chi connectivity index (χ1v) is 11.2. The summed E-state index contributed by atoms with van der Waals surface area (Å²) in [6, 6.07) is 14.4. The van der Waals surface area contributed by atoms with Crippen molar-refractivity contribution in [3.05, 3.63) is 54.1 Å². The molecule has 162 valence electrons. The summed E-state index contributed by atoms with van der Waals surface area (Å²) in [7, 11) is -2.16. The zero-order valence-electron chi connectivity index (χ0n) is 17.2. The van der Waals surface area contributed by atoms with Crippen molar-refractivity contribution >= 4 is 21.8 Å². The van der Waals surface area contributed by atoms with Gasteiger partial charge < -0.3 is 14.8 Å². The van der Waals surface area contributed by atoms with Crippen molar-refractivity contribution in [1.82, 2.24) is 8.61 Å². The fraction of sp³-hybridized carbons (Fsp3) is 0.381. The number of carbonyl (C=O) groups is 1. The van der Waals surface area contributed by atoms with Gasteiger partial charge in [0.25, 0.3) is 10.2 Å². The van der Waals surface area contributed by atoms with E-state index in [0.29, 0.717) is 43.3 Å². The molecule has 1 saturated heterocycles. The van der Waals surface area contributed by atoms with Crippen LogP contribution in [0.15, 0.2) is 48.5 Å². The number of anilines is 1. The van der Waals surface area contributed by atoms with Crippen molar-refractivity contribution in [2.45, 2.75) is 19.9 Å². The van der Waals surface area contributed by atoms with E-state index in [1.165, 1.54) is 8.61 Å². The molecule has 0 unspecified atom stereocenters. The van der Waals surface area contributed by atoms with Crippen molar-refractivity contribution in [1.29, 1.82) is 0 Å². The lowest BCUT2D eigenvalue weighted by Gasteiger charge is -2.34. The number of rotatable bonds is 8. The Balaban J connectivity index is 1.66. The van der Waals surface area contributed by atoms with Crippen LogP contribution in [-0.4, -0.2) is 56.3 Å². The SMILES string of the molecule is CCOc1ccccc1NC(=O)CN1CCCN(Cc2ccc(OC)cc2)S1(=O)=O. The van der Waals surface area contributed by atoms with Crippen LogP contribution >= 0.6 is 0 Å². The third kappa shape index (κ3) is 5.29. The van der Waals surface area contributed by atoms with E-state index in [4.69, 9.17) is 9.47 Å². The molecule has 0 radical (unpaired) electrons. The van der Waals surface area contributed by atoms with Gasteiger partial charge in [0.15, 0.2) is 0 Å². The maximum absolute atomic E-state index is 13.0. The average molecular weight is 434 g/mol. The molecule has 9 heteroatoms. The van der Waals surface area contributed by atoms with Crippen LogP contribution in [0.2, 0.25) is 0 Å². The maximum atomic E-state index is 13.0. The molecule has 1 N–H and O–H groups in total. The zero-order chi connectivity index (χ0) is 21.6. The van der Waals surface area contributed by atoms with Gasteiger partial charge in [-0.3, -0.25) is 4.79 Å². The Morgan fingerprint density at radius 3 is 2.47 bits per heavy atom. The predicted octanol–water partition coefficient (Wildman–Crippen LogP) is 2.49. The van der Waals surface area contributed by atoms with Gasteiger partial charge in [0, 0.05) is 19.6 Å². The minimum absolute atomic E-state index is 0.248. The highest BCUT2D eigenvalue weighted by atomic mass is 32.2. The fourth-order valence-electron chi connectivity index (χ4n) is 3.27. The highest BCUT2D eigenvalue weighted by Crippen LogP contribution is 2.24. The smallest absolute Gasteiger partial charge is 0.282 e. The predicted molar refractivity (Wildman–Crippen MR) is 115 cm³/mol. The molecule has 30 heavy (non-hydrogen) atoms. The summed E-state index contributed by atoms with van der Waals surface area (Å²) < 4.78 is 39.3. The summed E-state index contributed by atoms with van der Waals surface area (Å²) in [6.45, 7) is 3.05. The van der Waals surface area contributed by atoms with Gasteiger partial charge >= 0.3 is 0 Å². The van der Waals surface area contributed by atoms with Crippen molar-refractivity contribution < 1.29 is 22.7 Å². The quantitative estimate of drug-likeness (QED) is 0.691. The Bertz CT molecular complexity index is 963. The molecule has 2 aromatic rings. The first kappa shape index (κ1) is 22.1. The second kappa shape index (κ2) is 9.92. The monoisotopic (exact) mass is 433 g/mol. The topological polar surface area (TPSA) is 88.2 Å². The number of hydrogen-bond donors (Lipinski definition) is 1. The first-order chi connectivity index (χ1) is 14.4. The molecular weight excluding hydrogens is 406 g/mol. The normalized spacial score (nSPS) is 16.7. The molecule has 0 spiro atoms. The van der Waals surface area contributed by atoms with E-state index < -0.39 is 16.1 Å². The number of ether oxygens (including phenoxy) is 2. The minimum Gasteiger partial charge on any atom is -0.497 e. The van der Waals surface area contributed by atoms with Crippen LogP contribution in [0, 0.1) is 0 Å². The summed E-state index contributed by atoms with van der Waals surface area (Å²) in [5.74, 6) is 0.860. The van der Waals surface area contributed by atoms with Gasteiger partial charge in [-0.25, -0.2) is 0 Å². The molecule has 0 saturated carbocycles. The molecule has 1 aliphatic heterocycles. The number of amides is 1. The van der Waals surface area contributed by atoms with E-state index in [2.05, 4.69) is 5.32 Å². The van der Waals surface area contributed by atoms with Crippen molar-refractivity contribution in [3.63, 3.8) is 0 Å². The maximum Gasteiger partial charge on any atom is 0.282 e. The zero-order valence-corrected chi connectivity index (χ0v) is 18.0. The molecule has 0 aliphatic carbocycles. The number of para-hydroxylation sites is 2. The number of benzene rings is 2. The molecule has 1 aliphatic rings. The number of nitrogens with one attached hydrogen (secondary N) is 1. The van der Waals surface area contributed by atoms with Crippen LogP contribution in [0.3, 0.4) is 0 Å². The molecule has 1 heterocycles. The molecule has 1 amide bonds. The van der Waals surface area contributed by atoms with Crippen LogP contribution < -0.4 is 14.8 Å². The second-order valence-corrected chi connectivity index (χ2v) is 8.78. The standard InChI is InChI=1S/C21H27N3O5S/c1-3-29-20-8-5-4-7-19(20)22-21(25)16-24-14-6-13-23(30(24,26)27)15-17-9-11-18(28-2)12-10-17/h4-5,7-12H,3,6,13-16H2,1-2H3,(H,22,25). The van der Waals surface area contributed by atoms with Gasteiger partial charge in [-0.05, 0) is 43.2 Å². The Hall–Kier alpha value is -2.62. The molecule has 8 nitrogen and oxygen atoms in total. The highest BCUT2D eigenvalue weighted by Gasteiger charge is 2.34. The van der Waals surface area contributed by atoms with E-state index in [9.17, 15) is 13.2 Å². The van der Waals surface area contributed by atoms with Crippen molar-refractivity contribution in [3.8, 4) is 11.5 Å². The summed E-state index contributed by atoms with van der Waals surface area (Å²) in [6.07, 6.45) is 0.651. The minimum atomic E-state index is -3.74. The number of hydrogen-bond acceptors (Lipinski definition) is 5. The molecule has 0 bridgehead atoms. The lowest BCUT2D eigenvalue weighted by Crippen LogP contribution is -2.51. The average Bonchev–Trinajstić information content (AvgIpc) is 2.73. The van der Waals surface area contributed by atoms with Crippen molar-refractivity contribution in [2.75, 3.05) is 38.7 Å². The molecule has 3 rings (SSSR count). The number of methoxy groups -OCH3 is 1. The third-order valence-electron chi connectivity index (χ3n) is 4.77. The van der Waals surface area contributed by atoms with Gasteiger partial charge in [0.1, 0.15) is 11.5 Å². The molecule has 0 atom stereocenters. The summed E-state index contributed by atoms with van der Waals surface area (Å²) in [5, 5.41) is 2.76. The van der Waals surface area contributed by atoms with Gasteiger partial charge in [-0.15, -0.1) is 0 Å². The number of nitrogens with zero attached hydrogens (tertiary/aromatic N) is 2. The van der Waals surface area contributed by atoms with Gasteiger partial charge in [-0.1, -0.05) is 24.3 Å².